The Balaban J connectivity index is 2.41. The van der Waals surface area contributed by atoms with Crippen LogP contribution in [-0.2, 0) is 15.2 Å². The summed E-state index contributed by atoms with van der Waals surface area (Å²) >= 11 is 0. The Bertz CT molecular complexity index is 877. The second kappa shape index (κ2) is 7.01. The molecule has 0 saturated heterocycles. The highest BCUT2D eigenvalue weighted by atomic mass is 16.6. The van der Waals surface area contributed by atoms with Crippen LogP contribution in [0.25, 0.3) is 11.2 Å². The van der Waals surface area contributed by atoms with Gasteiger partial charge in [0.2, 0.25) is 5.72 Å². The maximum atomic E-state index is 12.0. The molecule has 0 aliphatic carbocycles. The summed E-state index contributed by atoms with van der Waals surface area (Å²) in [5.41, 5.74) is -1.98. The SMILES string of the molecule is C#CC(O)(CC(=C)OC)n1cnc2c(NC(=O)OC(C)(C)C)ncnc21. The Hall–Kier alpha value is -3.12. The molecular formula is C17H21N5O4. The lowest BCUT2D eigenvalue weighted by Gasteiger charge is -2.24. The second-order valence-electron chi connectivity index (χ2n) is 6.52. The van der Waals surface area contributed by atoms with Gasteiger partial charge in [-0.3, -0.25) is 9.88 Å². The van der Waals surface area contributed by atoms with Crippen LogP contribution in [0.1, 0.15) is 27.2 Å². The molecule has 2 aromatic heterocycles. The van der Waals surface area contributed by atoms with Gasteiger partial charge in [-0.2, -0.15) is 0 Å². The molecule has 0 radical (unpaired) electrons. The van der Waals surface area contributed by atoms with E-state index in [-0.39, 0.29) is 29.2 Å². The van der Waals surface area contributed by atoms with Gasteiger partial charge in [0.15, 0.2) is 17.0 Å². The van der Waals surface area contributed by atoms with Gasteiger partial charge < -0.3 is 14.6 Å². The summed E-state index contributed by atoms with van der Waals surface area (Å²) in [6.45, 7) is 8.90. The number of aromatic nitrogens is 4. The van der Waals surface area contributed by atoms with Crippen LogP contribution in [0.3, 0.4) is 0 Å². The zero-order valence-corrected chi connectivity index (χ0v) is 15.1. The minimum absolute atomic E-state index is 0.0652. The Labute approximate surface area is 151 Å². The first kappa shape index (κ1) is 19.2. The number of terminal acetylenes is 1. The van der Waals surface area contributed by atoms with E-state index in [0.717, 1.165) is 0 Å². The van der Waals surface area contributed by atoms with E-state index in [1.807, 2.05) is 0 Å². The molecule has 0 aliphatic heterocycles. The highest BCUT2D eigenvalue weighted by molar-refractivity contribution is 5.93. The fourth-order valence-corrected chi connectivity index (χ4v) is 2.15. The van der Waals surface area contributed by atoms with Gasteiger partial charge in [-0.1, -0.05) is 6.58 Å². The van der Waals surface area contributed by atoms with E-state index in [1.165, 1.54) is 24.3 Å². The van der Waals surface area contributed by atoms with Crippen LogP contribution in [0.15, 0.2) is 25.0 Å². The van der Waals surface area contributed by atoms with Gasteiger partial charge in [0.25, 0.3) is 0 Å². The topological polar surface area (TPSA) is 111 Å². The third-order valence-corrected chi connectivity index (χ3v) is 3.31. The van der Waals surface area contributed by atoms with Gasteiger partial charge in [-0.05, 0) is 26.7 Å². The first-order valence-corrected chi connectivity index (χ1v) is 7.70. The summed E-state index contributed by atoms with van der Waals surface area (Å²) in [7, 11) is 1.43. The van der Waals surface area contributed by atoms with Crippen molar-refractivity contribution in [1.82, 2.24) is 19.5 Å². The highest BCUT2D eigenvalue weighted by Crippen LogP contribution is 2.27. The van der Waals surface area contributed by atoms with Gasteiger partial charge in [0.1, 0.15) is 18.3 Å². The number of carbonyl (C=O) groups is 1. The van der Waals surface area contributed by atoms with Crippen LogP contribution in [-0.4, -0.2) is 43.4 Å². The van der Waals surface area contributed by atoms with Crippen molar-refractivity contribution in [2.75, 3.05) is 12.4 Å². The first-order chi connectivity index (χ1) is 12.1. The van der Waals surface area contributed by atoms with Crippen LogP contribution in [0.4, 0.5) is 10.6 Å². The lowest BCUT2D eigenvalue weighted by molar-refractivity contribution is 0.0155. The van der Waals surface area contributed by atoms with E-state index < -0.39 is 17.4 Å². The van der Waals surface area contributed by atoms with Crippen molar-refractivity contribution >= 4 is 23.1 Å². The number of amides is 1. The van der Waals surface area contributed by atoms with Crippen LogP contribution in [0.5, 0.6) is 0 Å². The van der Waals surface area contributed by atoms with Crippen LogP contribution in [0.2, 0.25) is 0 Å². The van der Waals surface area contributed by atoms with Crippen LogP contribution >= 0.6 is 0 Å². The number of hydrogen-bond acceptors (Lipinski definition) is 7. The zero-order valence-electron chi connectivity index (χ0n) is 15.1. The van der Waals surface area contributed by atoms with Gasteiger partial charge >= 0.3 is 6.09 Å². The van der Waals surface area contributed by atoms with Gasteiger partial charge in [-0.15, -0.1) is 6.42 Å². The average Bonchev–Trinajstić information content (AvgIpc) is 2.98. The van der Waals surface area contributed by atoms with E-state index >= 15 is 0 Å². The number of rotatable bonds is 5. The normalized spacial score (nSPS) is 13.5. The molecule has 1 amide bonds. The van der Waals surface area contributed by atoms with Gasteiger partial charge in [0, 0.05) is 0 Å². The monoisotopic (exact) mass is 359 g/mol. The summed E-state index contributed by atoms with van der Waals surface area (Å²) in [5, 5.41) is 13.3. The number of nitrogens with zero attached hydrogens (tertiary/aromatic N) is 4. The molecule has 1 unspecified atom stereocenters. The van der Waals surface area contributed by atoms with Crippen molar-refractivity contribution < 1.29 is 19.4 Å². The van der Waals surface area contributed by atoms with E-state index in [4.69, 9.17) is 15.9 Å². The number of aliphatic hydroxyl groups is 1. The van der Waals surface area contributed by atoms with Crippen molar-refractivity contribution in [2.45, 2.75) is 38.5 Å². The Morgan fingerprint density at radius 3 is 2.69 bits per heavy atom. The zero-order chi connectivity index (χ0) is 19.5. The number of carbonyl (C=O) groups excluding carboxylic acids is 1. The van der Waals surface area contributed by atoms with Gasteiger partial charge in [-0.25, -0.2) is 19.7 Å². The number of imidazole rings is 1. The lowest BCUT2D eigenvalue weighted by Crippen LogP contribution is -2.32. The molecule has 0 aliphatic rings. The molecule has 138 valence electrons. The van der Waals surface area contributed by atoms with E-state index in [9.17, 15) is 9.90 Å². The number of methoxy groups -OCH3 is 1. The standard InChI is InChI=1S/C17H21N5O4/c1-7-17(24,8-11(2)25-6)22-10-20-12-13(18-9-19-14(12)22)21-15(23)26-16(3,4)5/h1,9-10,24H,2,8H2,3-6H3,(H,18,19,21,23). The van der Waals surface area contributed by atoms with Crippen molar-refractivity contribution in [3.63, 3.8) is 0 Å². The molecule has 9 nitrogen and oxygen atoms in total. The summed E-state index contributed by atoms with van der Waals surface area (Å²) in [6.07, 6.45) is 7.27. The molecule has 26 heavy (non-hydrogen) atoms. The molecule has 0 spiro atoms. The van der Waals surface area contributed by atoms with E-state index in [0.29, 0.717) is 0 Å². The summed E-state index contributed by atoms with van der Waals surface area (Å²) in [5.74, 6) is 2.71. The van der Waals surface area contributed by atoms with Crippen molar-refractivity contribution in [3.05, 3.63) is 25.0 Å². The lowest BCUT2D eigenvalue weighted by atomic mass is 10.1. The predicted octanol–water partition coefficient (Wildman–Crippen LogP) is 2.00. The molecule has 0 saturated carbocycles. The quantitative estimate of drug-likeness (QED) is 0.620. The van der Waals surface area contributed by atoms with Crippen molar-refractivity contribution in [3.8, 4) is 12.3 Å². The number of ether oxygens (including phenoxy) is 2. The number of anilines is 1. The van der Waals surface area contributed by atoms with Crippen molar-refractivity contribution in [2.24, 2.45) is 0 Å². The third-order valence-electron chi connectivity index (χ3n) is 3.31. The maximum Gasteiger partial charge on any atom is 0.413 e. The largest absolute Gasteiger partial charge is 0.501 e. The number of hydrogen-bond donors (Lipinski definition) is 2. The molecular weight excluding hydrogens is 338 g/mol. The number of fused-ring (bicyclic) bond motifs is 1. The second-order valence-corrected chi connectivity index (χ2v) is 6.52. The molecule has 1 atom stereocenters. The van der Waals surface area contributed by atoms with Crippen molar-refractivity contribution in [1.29, 1.82) is 0 Å². The maximum absolute atomic E-state index is 12.0. The van der Waals surface area contributed by atoms with Crippen LogP contribution < -0.4 is 5.32 Å². The molecule has 2 N–H and O–H groups in total. The molecule has 0 fully saturated rings. The summed E-state index contributed by atoms with van der Waals surface area (Å²) in [6, 6.07) is 0. The molecule has 2 rings (SSSR count). The van der Waals surface area contributed by atoms with Crippen LogP contribution in [0, 0.1) is 12.3 Å². The van der Waals surface area contributed by atoms with E-state index in [2.05, 4.69) is 32.8 Å². The minimum atomic E-state index is -1.79. The summed E-state index contributed by atoms with van der Waals surface area (Å²) < 4.78 is 11.5. The average molecular weight is 359 g/mol. The fraction of sp³-hybridized carbons (Fsp3) is 0.412. The van der Waals surface area contributed by atoms with Gasteiger partial charge in [0.05, 0.1) is 19.3 Å². The Kier molecular flexibility index (Phi) is 5.18. The molecule has 0 bridgehead atoms. The highest BCUT2D eigenvalue weighted by Gasteiger charge is 2.31. The smallest absolute Gasteiger partial charge is 0.413 e. The third kappa shape index (κ3) is 4.10. The fourth-order valence-electron chi connectivity index (χ4n) is 2.15. The first-order valence-electron chi connectivity index (χ1n) is 7.70. The molecule has 2 heterocycles. The molecule has 2 aromatic rings. The summed E-state index contributed by atoms with van der Waals surface area (Å²) in [4.78, 5) is 24.2. The molecule has 9 heteroatoms. The number of nitrogens with one attached hydrogen (secondary N) is 1. The Morgan fingerprint density at radius 1 is 1.42 bits per heavy atom. The molecule has 0 aromatic carbocycles. The predicted molar refractivity (Wildman–Crippen MR) is 95.0 cm³/mol. The minimum Gasteiger partial charge on any atom is -0.501 e. The van der Waals surface area contributed by atoms with E-state index in [1.54, 1.807) is 20.8 Å². The Morgan fingerprint density at radius 2 is 2.12 bits per heavy atom.